The van der Waals surface area contributed by atoms with Gasteiger partial charge in [-0.05, 0) is 0 Å². The molecule has 0 amide bonds. The normalized spacial score (nSPS) is 10.9. The van der Waals surface area contributed by atoms with Gasteiger partial charge >= 0.3 is 0 Å². The van der Waals surface area contributed by atoms with E-state index in [1.807, 2.05) is 0 Å². The van der Waals surface area contributed by atoms with E-state index in [9.17, 15) is 0 Å². The lowest BCUT2D eigenvalue weighted by Gasteiger charge is -2.09. The van der Waals surface area contributed by atoms with E-state index in [1.54, 1.807) is 0 Å². The first kappa shape index (κ1) is 11.5. The van der Waals surface area contributed by atoms with Gasteiger partial charge in [0.2, 0.25) is 0 Å². The van der Waals surface area contributed by atoms with Crippen LogP contribution in [0.2, 0.25) is 12.1 Å². The zero-order chi connectivity index (χ0) is 8.53. The first-order chi connectivity index (χ1) is 5.35. The zero-order valence-electron chi connectivity index (χ0n) is 7.91. The van der Waals surface area contributed by atoms with E-state index in [4.69, 9.17) is 11.6 Å². The number of halogens is 1. The molecule has 0 nitrogen and oxygen atoms in total. The molecule has 0 saturated carbocycles. The van der Waals surface area contributed by atoms with Gasteiger partial charge in [-0.25, -0.2) is 0 Å². The minimum atomic E-state index is -0.483. The fourth-order valence-electron chi connectivity index (χ4n) is 1.28. The Balaban J connectivity index is 3.25. The maximum absolute atomic E-state index is 5.90. The largest absolute Gasteiger partial charge is 0.131 e. The molecule has 0 aromatic heterocycles. The van der Waals surface area contributed by atoms with Crippen molar-refractivity contribution in [2.45, 2.75) is 51.6 Å². The maximum atomic E-state index is 5.90. The summed E-state index contributed by atoms with van der Waals surface area (Å²) in [4.78, 5) is 0. The third kappa shape index (κ3) is 6.89. The van der Waals surface area contributed by atoms with Gasteiger partial charge in [0.25, 0.3) is 0 Å². The minimum Gasteiger partial charge on any atom is -0.131 e. The highest BCUT2D eigenvalue weighted by atomic mass is 35.5. The molecule has 0 saturated heterocycles. The molecule has 0 N–H and O–H groups in total. The molecule has 0 aliphatic carbocycles. The van der Waals surface area contributed by atoms with Crippen molar-refractivity contribution in [2.75, 3.05) is 5.50 Å². The second kappa shape index (κ2) is 8.60. The second-order valence-corrected chi connectivity index (χ2v) is 7.43. The molecule has 0 spiro atoms. The van der Waals surface area contributed by atoms with Gasteiger partial charge in [0, 0.05) is 5.50 Å². The highest BCUT2D eigenvalue weighted by Crippen LogP contribution is 2.10. The number of rotatable bonds is 7. The average Bonchev–Trinajstić information content (AvgIpc) is 2.05. The quantitative estimate of drug-likeness (QED) is 0.427. The van der Waals surface area contributed by atoms with Crippen molar-refractivity contribution in [3.63, 3.8) is 0 Å². The monoisotopic (exact) mass is 192 g/mol. The topological polar surface area (TPSA) is 0 Å². The third-order valence-corrected chi connectivity index (χ3v) is 6.35. The third-order valence-electron chi connectivity index (χ3n) is 2.15. The summed E-state index contributed by atoms with van der Waals surface area (Å²) in [5, 5.41) is 0. The molecule has 0 rings (SSSR count). The summed E-state index contributed by atoms with van der Waals surface area (Å²) in [6, 6.07) is 2.94. The van der Waals surface area contributed by atoms with Crippen LogP contribution in [0.25, 0.3) is 0 Å². The summed E-state index contributed by atoms with van der Waals surface area (Å²) >= 11 is 5.90. The van der Waals surface area contributed by atoms with Crippen molar-refractivity contribution in [1.82, 2.24) is 0 Å². The summed E-state index contributed by atoms with van der Waals surface area (Å²) in [6.45, 7) is 4.53. The van der Waals surface area contributed by atoms with Crippen LogP contribution in [-0.4, -0.2) is 14.3 Å². The number of hydrogen-bond donors (Lipinski definition) is 0. The van der Waals surface area contributed by atoms with Gasteiger partial charge in [-0.15, -0.1) is 11.6 Å². The Hall–Kier alpha value is 0.507. The van der Waals surface area contributed by atoms with E-state index in [2.05, 4.69) is 13.8 Å². The lowest BCUT2D eigenvalue weighted by molar-refractivity contribution is 0.842. The fourth-order valence-corrected chi connectivity index (χ4v) is 4.78. The van der Waals surface area contributed by atoms with Crippen LogP contribution in [0, 0.1) is 0 Å². The molecule has 2 heteroatoms. The molecule has 0 aromatic carbocycles. The molecule has 11 heavy (non-hydrogen) atoms. The molecule has 0 atom stereocenters. The van der Waals surface area contributed by atoms with Gasteiger partial charge in [0.1, 0.15) is 0 Å². The Morgan fingerprint density at radius 3 is 1.73 bits per heavy atom. The predicted molar refractivity (Wildman–Crippen MR) is 57.3 cm³/mol. The summed E-state index contributed by atoms with van der Waals surface area (Å²) in [5.41, 5.74) is 1.00. The molecule has 0 aromatic rings. The highest BCUT2D eigenvalue weighted by molar-refractivity contribution is 6.67. The minimum absolute atomic E-state index is 0.483. The van der Waals surface area contributed by atoms with E-state index < -0.39 is 8.80 Å². The fraction of sp³-hybridized carbons (Fsp3) is 1.00. The molecule has 0 aliphatic heterocycles. The van der Waals surface area contributed by atoms with Gasteiger partial charge in [0.15, 0.2) is 0 Å². The smallest absolute Gasteiger partial charge is 0.0540 e. The summed E-state index contributed by atoms with van der Waals surface area (Å²) in [6.07, 6.45) is 5.50. The van der Waals surface area contributed by atoms with Crippen LogP contribution in [0.5, 0.6) is 0 Å². The lowest BCUT2D eigenvalue weighted by atomic mass is 10.4. The maximum Gasteiger partial charge on any atom is 0.0540 e. The van der Waals surface area contributed by atoms with Crippen molar-refractivity contribution in [3.05, 3.63) is 0 Å². The molecule has 68 valence electrons. The Morgan fingerprint density at radius 2 is 1.45 bits per heavy atom. The van der Waals surface area contributed by atoms with Crippen molar-refractivity contribution >= 4 is 20.4 Å². The van der Waals surface area contributed by atoms with Crippen LogP contribution >= 0.6 is 11.6 Å². The first-order valence-corrected chi connectivity index (χ1v) is 7.89. The molecule has 0 bridgehead atoms. The standard InChI is InChI=1S/C9H21ClSi/c1-3-5-7-11(9-10)8-6-4-2/h11H,3-9H2,1-2H3. The van der Waals surface area contributed by atoms with Crippen LogP contribution in [-0.2, 0) is 0 Å². The lowest BCUT2D eigenvalue weighted by Crippen LogP contribution is -2.14. The highest BCUT2D eigenvalue weighted by Gasteiger charge is 2.06. The van der Waals surface area contributed by atoms with E-state index in [-0.39, 0.29) is 0 Å². The van der Waals surface area contributed by atoms with Crippen LogP contribution in [0.3, 0.4) is 0 Å². The zero-order valence-corrected chi connectivity index (χ0v) is 9.82. The van der Waals surface area contributed by atoms with Gasteiger partial charge in [0.05, 0.1) is 8.80 Å². The number of unbranched alkanes of at least 4 members (excludes halogenated alkanes) is 2. The summed E-state index contributed by atoms with van der Waals surface area (Å²) in [5.74, 6) is 0. The van der Waals surface area contributed by atoms with Crippen molar-refractivity contribution < 1.29 is 0 Å². The predicted octanol–water partition coefficient (Wildman–Crippen LogP) is 3.59. The molecule has 0 fully saturated rings. The first-order valence-electron chi connectivity index (χ1n) is 4.91. The second-order valence-electron chi connectivity index (χ2n) is 3.30. The van der Waals surface area contributed by atoms with Gasteiger partial charge < -0.3 is 0 Å². The van der Waals surface area contributed by atoms with E-state index in [0.29, 0.717) is 0 Å². The average molecular weight is 193 g/mol. The SMILES string of the molecule is CCCC[SiH](CCl)CCCC. The molecular formula is C9H21ClSi. The van der Waals surface area contributed by atoms with Gasteiger partial charge in [-0.3, -0.25) is 0 Å². The van der Waals surface area contributed by atoms with Crippen molar-refractivity contribution in [2.24, 2.45) is 0 Å². The van der Waals surface area contributed by atoms with Gasteiger partial charge in [-0.2, -0.15) is 0 Å². The molecule has 0 aliphatic rings. The van der Waals surface area contributed by atoms with Crippen LogP contribution in [0.4, 0.5) is 0 Å². The number of alkyl halides is 1. The molecule has 0 heterocycles. The van der Waals surface area contributed by atoms with Crippen LogP contribution < -0.4 is 0 Å². The van der Waals surface area contributed by atoms with Gasteiger partial charge in [-0.1, -0.05) is 51.6 Å². The van der Waals surface area contributed by atoms with E-state index in [1.165, 1.54) is 37.8 Å². The molecule has 0 unspecified atom stereocenters. The van der Waals surface area contributed by atoms with Crippen LogP contribution in [0.15, 0.2) is 0 Å². The Bertz CT molecular complexity index is 68.0. The van der Waals surface area contributed by atoms with Crippen molar-refractivity contribution in [3.8, 4) is 0 Å². The Kier molecular flexibility index (Phi) is 9.00. The van der Waals surface area contributed by atoms with Crippen molar-refractivity contribution in [1.29, 1.82) is 0 Å². The number of hydrogen-bond acceptors (Lipinski definition) is 0. The Labute approximate surface area is 77.9 Å². The van der Waals surface area contributed by atoms with E-state index in [0.717, 1.165) is 5.50 Å². The Morgan fingerprint density at radius 1 is 1.00 bits per heavy atom. The molecular weight excluding hydrogens is 172 g/mol. The summed E-state index contributed by atoms with van der Waals surface area (Å²) < 4.78 is 0. The van der Waals surface area contributed by atoms with E-state index >= 15 is 0 Å². The molecule has 0 radical (unpaired) electrons. The van der Waals surface area contributed by atoms with Crippen LogP contribution in [0.1, 0.15) is 39.5 Å². The summed E-state index contributed by atoms with van der Waals surface area (Å²) in [7, 11) is -0.483.